The molecular weight excluding hydrogens is 401 g/mol. The maximum Gasteiger partial charge on any atom is 0.416 e. The quantitative estimate of drug-likeness (QED) is 0.755. The van der Waals surface area contributed by atoms with Gasteiger partial charge in [0.25, 0.3) is 0 Å². The van der Waals surface area contributed by atoms with Crippen molar-refractivity contribution in [1.29, 1.82) is 0 Å². The molecule has 162 valence electrons. The van der Waals surface area contributed by atoms with Gasteiger partial charge in [0, 0.05) is 27.2 Å². The SMILES string of the molecule is CN(C)c1nc(CNC(=O)Cc2cccc(C(F)(F)F)c2)nc(N2CCOCC2)n1. The van der Waals surface area contributed by atoms with Crippen molar-refractivity contribution in [2.45, 2.75) is 19.1 Å². The fourth-order valence-electron chi connectivity index (χ4n) is 2.86. The number of morpholine rings is 1. The molecule has 1 saturated heterocycles. The van der Waals surface area contributed by atoms with E-state index in [9.17, 15) is 18.0 Å². The van der Waals surface area contributed by atoms with Crippen LogP contribution in [-0.4, -0.2) is 61.3 Å². The van der Waals surface area contributed by atoms with E-state index in [1.165, 1.54) is 12.1 Å². The topological polar surface area (TPSA) is 83.5 Å². The Balaban J connectivity index is 1.67. The van der Waals surface area contributed by atoms with Crippen molar-refractivity contribution in [3.05, 3.63) is 41.2 Å². The van der Waals surface area contributed by atoms with Gasteiger partial charge < -0.3 is 19.9 Å². The van der Waals surface area contributed by atoms with Gasteiger partial charge >= 0.3 is 6.18 Å². The number of carbonyl (C=O) groups excluding carboxylic acids is 1. The molecule has 0 bridgehead atoms. The van der Waals surface area contributed by atoms with Crippen molar-refractivity contribution in [2.24, 2.45) is 0 Å². The van der Waals surface area contributed by atoms with Crippen LogP contribution in [-0.2, 0) is 28.7 Å². The first kappa shape index (κ1) is 21.8. The Hall–Kier alpha value is -2.95. The number of rotatable bonds is 6. The molecule has 2 heterocycles. The number of benzene rings is 1. The zero-order valence-electron chi connectivity index (χ0n) is 16.7. The summed E-state index contributed by atoms with van der Waals surface area (Å²) in [7, 11) is 3.60. The summed E-state index contributed by atoms with van der Waals surface area (Å²) in [5, 5.41) is 2.67. The second-order valence-electron chi connectivity index (χ2n) is 7.00. The first-order chi connectivity index (χ1) is 14.2. The van der Waals surface area contributed by atoms with Crippen molar-refractivity contribution in [2.75, 3.05) is 50.2 Å². The van der Waals surface area contributed by atoms with Gasteiger partial charge in [0.2, 0.25) is 17.8 Å². The van der Waals surface area contributed by atoms with Crippen LogP contribution in [0.25, 0.3) is 0 Å². The molecule has 1 aromatic heterocycles. The minimum absolute atomic E-state index is 0.0402. The number of carbonyl (C=O) groups is 1. The number of halogens is 3. The molecule has 1 aliphatic heterocycles. The molecule has 1 aromatic carbocycles. The maximum absolute atomic E-state index is 12.8. The van der Waals surface area contributed by atoms with E-state index in [0.717, 1.165) is 12.1 Å². The fraction of sp³-hybridized carbons (Fsp3) is 0.474. The van der Waals surface area contributed by atoms with E-state index in [0.29, 0.717) is 44.0 Å². The summed E-state index contributed by atoms with van der Waals surface area (Å²) in [6.45, 7) is 2.49. The number of hydrogen-bond donors (Lipinski definition) is 1. The summed E-state index contributed by atoms with van der Waals surface area (Å²) in [4.78, 5) is 29.2. The number of alkyl halides is 3. The lowest BCUT2D eigenvalue weighted by molar-refractivity contribution is -0.137. The summed E-state index contributed by atoms with van der Waals surface area (Å²) in [6, 6.07) is 4.72. The maximum atomic E-state index is 12.8. The van der Waals surface area contributed by atoms with Crippen LogP contribution >= 0.6 is 0 Å². The molecule has 0 radical (unpaired) electrons. The third kappa shape index (κ3) is 5.78. The number of aromatic nitrogens is 3. The first-order valence-electron chi connectivity index (χ1n) is 9.40. The molecule has 1 fully saturated rings. The highest BCUT2D eigenvalue weighted by Gasteiger charge is 2.30. The molecule has 30 heavy (non-hydrogen) atoms. The number of nitrogens with zero attached hydrogens (tertiary/aromatic N) is 5. The summed E-state index contributed by atoms with van der Waals surface area (Å²) < 4.78 is 43.8. The molecule has 0 atom stereocenters. The Morgan fingerprint density at radius 3 is 2.60 bits per heavy atom. The van der Waals surface area contributed by atoms with E-state index in [4.69, 9.17) is 4.74 Å². The van der Waals surface area contributed by atoms with Crippen LogP contribution in [0.5, 0.6) is 0 Å². The molecule has 8 nitrogen and oxygen atoms in total. The zero-order valence-corrected chi connectivity index (χ0v) is 16.7. The van der Waals surface area contributed by atoms with Gasteiger partial charge in [-0.25, -0.2) is 0 Å². The highest BCUT2D eigenvalue weighted by Crippen LogP contribution is 2.29. The van der Waals surface area contributed by atoms with Crippen LogP contribution in [0.3, 0.4) is 0 Å². The van der Waals surface area contributed by atoms with Crippen LogP contribution < -0.4 is 15.1 Å². The summed E-state index contributed by atoms with van der Waals surface area (Å²) in [6.07, 6.45) is -4.62. The molecule has 0 spiro atoms. The van der Waals surface area contributed by atoms with Crippen LogP contribution in [0.1, 0.15) is 17.0 Å². The third-order valence-corrected chi connectivity index (χ3v) is 4.41. The van der Waals surface area contributed by atoms with Gasteiger partial charge in [0.15, 0.2) is 5.82 Å². The van der Waals surface area contributed by atoms with Gasteiger partial charge in [-0.15, -0.1) is 0 Å². The average Bonchev–Trinajstić information content (AvgIpc) is 2.72. The lowest BCUT2D eigenvalue weighted by Gasteiger charge is -2.27. The fourth-order valence-corrected chi connectivity index (χ4v) is 2.86. The van der Waals surface area contributed by atoms with E-state index < -0.39 is 17.6 Å². The molecule has 0 unspecified atom stereocenters. The van der Waals surface area contributed by atoms with Gasteiger partial charge in [-0.05, 0) is 11.6 Å². The molecule has 1 aliphatic rings. The predicted octanol–water partition coefficient (Wildman–Crippen LogP) is 1.65. The lowest BCUT2D eigenvalue weighted by atomic mass is 10.1. The normalized spacial score (nSPS) is 14.5. The second kappa shape index (κ2) is 9.24. The molecular formula is C19H23F3N6O2. The standard InChI is InChI=1S/C19H23F3N6O2/c1-27(2)17-24-15(25-18(26-17)28-6-8-30-9-7-28)12-23-16(29)11-13-4-3-5-14(10-13)19(20,21)22/h3-5,10H,6-9,11-12H2,1-2H3,(H,23,29). The monoisotopic (exact) mass is 424 g/mol. The minimum atomic E-state index is -4.45. The summed E-state index contributed by atoms with van der Waals surface area (Å²) >= 11 is 0. The van der Waals surface area contributed by atoms with Crippen molar-refractivity contribution in [3.63, 3.8) is 0 Å². The average molecular weight is 424 g/mol. The first-order valence-corrected chi connectivity index (χ1v) is 9.40. The van der Waals surface area contributed by atoms with Gasteiger partial charge in [-0.1, -0.05) is 18.2 Å². The third-order valence-electron chi connectivity index (χ3n) is 4.41. The predicted molar refractivity (Wildman–Crippen MR) is 104 cm³/mol. The number of hydrogen-bond acceptors (Lipinski definition) is 7. The van der Waals surface area contributed by atoms with Crippen molar-refractivity contribution in [1.82, 2.24) is 20.3 Å². The van der Waals surface area contributed by atoms with Gasteiger partial charge in [-0.3, -0.25) is 4.79 Å². The van der Waals surface area contributed by atoms with Gasteiger partial charge in [0.1, 0.15) is 0 Å². The highest BCUT2D eigenvalue weighted by molar-refractivity contribution is 5.78. The van der Waals surface area contributed by atoms with Crippen LogP contribution in [0.2, 0.25) is 0 Å². The molecule has 2 aromatic rings. The molecule has 1 N–H and O–H groups in total. The Morgan fingerprint density at radius 2 is 1.93 bits per heavy atom. The Labute approximate surface area is 172 Å². The smallest absolute Gasteiger partial charge is 0.378 e. The van der Waals surface area contributed by atoms with E-state index in [2.05, 4.69) is 20.3 Å². The number of amides is 1. The number of ether oxygens (including phenoxy) is 1. The largest absolute Gasteiger partial charge is 0.416 e. The Bertz CT molecular complexity index is 885. The highest BCUT2D eigenvalue weighted by atomic mass is 19.4. The van der Waals surface area contributed by atoms with E-state index in [1.54, 1.807) is 19.0 Å². The molecule has 3 rings (SSSR count). The number of nitrogens with one attached hydrogen (secondary N) is 1. The van der Waals surface area contributed by atoms with Gasteiger partial charge in [0.05, 0.1) is 31.7 Å². The molecule has 0 saturated carbocycles. The molecule has 1 amide bonds. The zero-order chi connectivity index (χ0) is 21.7. The van der Waals surface area contributed by atoms with Crippen LogP contribution in [0, 0.1) is 0 Å². The van der Waals surface area contributed by atoms with E-state index >= 15 is 0 Å². The Kier molecular flexibility index (Phi) is 6.70. The van der Waals surface area contributed by atoms with E-state index in [1.807, 2.05) is 4.90 Å². The number of anilines is 2. The molecule has 0 aliphatic carbocycles. The van der Waals surface area contributed by atoms with Crippen molar-refractivity contribution < 1.29 is 22.7 Å². The Morgan fingerprint density at radius 1 is 1.20 bits per heavy atom. The van der Waals surface area contributed by atoms with Crippen molar-refractivity contribution in [3.8, 4) is 0 Å². The lowest BCUT2D eigenvalue weighted by Crippen LogP contribution is -2.38. The summed E-state index contributed by atoms with van der Waals surface area (Å²) in [5.41, 5.74) is -0.503. The molecule has 11 heteroatoms. The summed E-state index contributed by atoms with van der Waals surface area (Å²) in [5.74, 6) is 0.898. The van der Waals surface area contributed by atoms with Crippen LogP contribution in [0.15, 0.2) is 24.3 Å². The van der Waals surface area contributed by atoms with E-state index in [-0.39, 0.29) is 18.5 Å². The van der Waals surface area contributed by atoms with Crippen LogP contribution in [0.4, 0.5) is 25.1 Å². The van der Waals surface area contributed by atoms with Gasteiger partial charge in [-0.2, -0.15) is 28.1 Å². The minimum Gasteiger partial charge on any atom is -0.378 e. The van der Waals surface area contributed by atoms with Crippen molar-refractivity contribution >= 4 is 17.8 Å². The second-order valence-corrected chi connectivity index (χ2v) is 7.00.